The quantitative estimate of drug-likeness (QED) is 0.744. The fraction of sp³-hybridized carbons (Fsp3) is 0.700. The number of methoxy groups -OCH3 is 1. The lowest BCUT2D eigenvalue weighted by atomic mass is 10.0. The molecule has 0 aromatic heterocycles. The number of nitrogens with one attached hydrogen (secondary N) is 1. The molecule has 4 heteroatoms. The van der Waals surface area contributed by atoms with Crippen molar-refractivity contribution in [2.75, 3.05) is 26.7 Å². The molecule has 0 aliphatic carbocycles. The Hall–Kier alpha value is -1.26. The first kappa shape index (κ1) is 19.1. The number of hydrogen-bond donors (Lipinski definition) is 1. The summed E-state index contributed by atoms with van der Waals surface area (Å²) in [6.07, 6.45) is 5.25. The summed E-state index contributed by atoms with van der Waals surface area (Å²) in [6.45, 7) is 10.9. The van der Waals surface area contributed by atoms with Gasteiger partial charge in [0.05, 0.1) is 13.2 Å². The lowest BCUT2D eigenvalue weighted by Gasteiger charge is -2.32. The van der Waals surface area contributed by atoms with E-state index in [1.807, 2.05) is 19.9 Å². The molecule has 1 N–H and O–H groups in total. The lowest BCUT2D eigenvalue weighted by Crippen LogP contribution is -2.42. The average Bonchev–Trinajstić information content (AvgIpc) is 2.59. The fourth-order valence-corrected chi connectivity index (χ4v) is 3.18. The predicted octanol–water partition coefficient (Wildman–Crippen LogP) is 3.84. The van der Waals surface area contributed by atoms with Crippen LogP contribution in [0.2, 0.25) is 0 Å². The van der Waals surface area contributed by atoms with Crippen molar-refractivity contribution in [3.05, 3.63) is 23.8 Å². The molecule has 0 bridgehead atoms. The van der Waals surface area contributed by atoms with Crippen LogP contribution >= 0.6 is 0 Å². The molecule has 1 aliphatic heterocycles. The highest BCUT2D eigenvalue weighted by Crippen LogP contribution is 2.29. The molecule has 1 saturated heterocycles. The van der Waals surface area contributed by atoms with Gasteiger partial charge in [-0.05, 0) is 70.4 Å². The second-order valence-electron chi connectivity index (χ2n) is 7.00. The number of hydrogen-bond acceptors (Lipinski definition) is 4. The summed E-state index contributed by atoms with van der Waals surface area (Å²) in [5.74, 6) is 1.64. The first-order chi connectivity index (χ1) is 11.6. The van der Waals surface area contributed by atoms with Crippen molar-refractivity contribution in [3.8, 4) is 11.5 Å². The molecule has 1 aliphatic rings. The van der Waals surface area contributed by atoms with Crippen LogP contribution in [0.15, 0.2) is 18.2 Å². The van der Waals surface area contributed by atoms with E-state index in [0.29, 0.717) is 6.04 Å². The number of unbranched alkanes of at least 4 members (excludes halogenated alkanes) is 1. The average molecular weight is 335 g/mol. The van der Waals surface area contributed by atoms with Crippen LogP contribution in [-0.2, 0) is 6.54 Å². The Morgan fingerprint density at radius 1 is 1.21 bits per heavy atom. The molecule has 1 heterocycles. The largest absolute Gasteiger partial charge is 0.493 e. The zero-order valence-corrected chi connectivity index (χ0v) is 15.8. The van der Waals surface area contributed by atoms with E-state index in [0.717, 1.165) is 18.0 Å². The molecule has 0 atom stereocenters. The molecule has 0 saturated carbocycles. The van der Waals surface area contributed by atoms with Gasteiger partial charge in [0.15, 0.2) is 11.5 Å². The van der Waals surface area contributed by atoms with Gasteiger partial charge in [-0.25, -0.2) is 0 Å². The number of nitrogens with zero attached hydrogens (tertiary/aromatic N) is 1. The van der Waals surface area contributed by atoms with Gasteiger partial charge in [-0.3, -0.25) is 0 Å². The molecule has 2 rings (SSSR count). The Morgan fingerprint density at radius 3 is 2.58 bits per heavy atom. The van der Waals surface area contributed by atoms with Crippen molar-refractivity contribution < 1.29 is 9.47 Å². The van der Waals surface area contributed by atoms with Crippen LogP contribution < -0.4 is 14.8 Å². The molecule has 1 aromatic carbocycles. The van der Waals surface area contributed by atoms with Gasteiger partial charge in [0.25, 0.3) is 0 Å². The van der Waals surface area contributed by atoms with Crippen LogP contribution in [0.3, 0.4) is 0 Å². The minimum Gasteiger partial charge on any atom is -0.493 e. The summed E-state index contributed by atoms with van der Waals surface area (Å²) >= 11 is 0. The molecule has 4 nitrogen and oxygen atoms in total. The lowest BCUT2D eigenvalue weighted by molar-refractivity contribution is 0.195. The maximum absolute atomic E-state index is 5.78. The normalized spacial score (nSPS) is 16.5. The fourth-order valence-electron chi connectivity index (χ4n) is 3.18. The number of benzene rings is 1. The standard InChI is InChI=1S/C20H34N2O2/c1-5-6-11-22-12-9-18(10-13-22)21-15-17-7-8-19(24-16(2)3)20(14-17)23-4/h7-8,14,16,18,21H,5-6,9-13,15H2,1-4H3. The minimum absolute atomic E-state index is 0.153. The summed E-state index contributed by atoms with van der Waals surface area (Å²) < 4.78 is 11.2. The van der Waals surface area contributed by atoms with Crippen LogP contribution in [0.5, 0.6) is 11.5 Å². The highest BCUT2D eigenvalue weighted by Gasteiger charge is 2.18. The summed E-state index contributed by atoms with van der Waals surface area (Å²) in [5, 5.41) is 3.70. The molecule has 0 amide bonds. The Kier molecular flexibility index (Phi) is 7.86. The predicted molar refractivity (Wildman–Crippen MR) is 100.0 cm³/mol. The van der Waals surface area contributed by atoms with E-state index in [1.165, 1.54) is 50.9 Å². The first-order valence-corrected chi connectivity index (χ1v) is 9.41. The van der Waals surface area contributed by atoms with Crippen molar-refractivity contribution in [1.29, 1.82) is 0 Å². The third kappa shape index (κ3) is 5.99. The maximum atomic E-state index is 5.78. The first-order valence-electron chi connectivity index (χ1n) is 9.41. The van der Waals surface area contributed by atoms with Crippen LogP contribution in [0.1, 0.15) is 52.0 Å². The maximum Gasteiger partial charge on any atom is 0.161 e. The summed E-state index contributed by atoms with van der Waals surface area (Å²) in [6, 6.07) is 6.86. The molecule has 0 unspecified atom stereocenters. The van der Waals surface area contributed by atoms with E-state index in [-0.39, 0.29) is 6.10 Å². The van der Waals surface area contributed by atoms with Gasteiger partial charge < -0.3 is 19.7 Å². The summed E-state index contributed by atoms with van der Waals surface area (Å²) in [7, 11) is 1.70. The molecule has 0 spiro atoms. The van der Waals surface area contributed by atoms with Gasteiger partial charge in [0.2, 0.25) is 0 Å². The topological polar surface area (TPSA) is 33.7 Å². The number of rotatable bonds is 9. The highest BCUT2D eigenvalue weighted by atomic mass is 16.5. The molecule has 1 fully saturated rings. The number of piperidine rings is 1. The van der Waals surface area contributed by atoms with E-state index in [1.54, 1.807) is 7.11 Å². The molecule has 0 radical (unpaired) electrons. The monoisotopic (exact) mass is 334 g/mol. The van der Waals surface area contributed by atoms with Crippen molar-refractivity contribution >= 4 is 0 Å². The zero-order valence-electron chi connectivity index (χ0n) is 15.8. The Bertz CT molecular complexity index is 483. The SMILES string of the molecule is CCCCN1CCC(NCc2ccc(OC(C)C)c(OC)c2)CC1. The van der Waals surface area contributed by atoms with E-state index in [9.17, 15) is 0 Å². The van der Waals surface area contributed by atoms with Gasteiger partial charge >= 0.3 is 0 Å². The Morgan fingerprint density at radius 2 is 1.96 bits per heavy atom. The number of ether oxygens (including phenoxy) is 2. The van der Waals surface area contributed by atoms with Gasteiger partial charge in [-0.2, -0.15) is 0 Å². The molecule has 1 aromatic rings. The van der Waals surface area contributed by atoms with E-state index in [4.69, 9.17) is 9.47 Å². The molecular formula is C20H34N2O2. The second kappa shape index (κ2) is 9.90. The zero-order chi connectivity index (χ0) is 17.4. The van der Waals surface area contributed by atoms with Gasteiger partial charge in [0.1, 0.15) is 0 Å². The van der Waals surface area contributed by atoms with Crippen molar-refractivity contribution in [2.24, 2.45) is 0 Å². The van der Waals surface area contributed by atoms with Gasteiger partial charge in [-0.1, -0.05) is 19.4 Å². The Labute approximate surface area is 147 Å². The van der Waals surface area contributed by atoms with Crippen molar-refractivity contribution in [1.82, 2.24) is 10.2 Å². The van der Waals surface area contributed by atoms with E-state index < -0.39 is 0 Å². The number of likely N-dealkylation sites (tertiary alicyclic amines) is 1. The van der Waals surface area contributed by atoms with E-state index in [2.05, 4.69) is 29.3 Å². The molecular weight excluding hydrogens is 300 g/mol. The summed E-state index contributed by atoms with van der Waals surface area (Å²) in [5.41, 5.74) is 1.25. The van der Waals surface area contributed by atoms with Crippen LogP contribution in [-0.4, -0.2) is 43.8 Å². The summed E-state index contributed by atoms with van der Waals surface area (Å²) in [4.78, 5) is 2.60. The van der Waals surface area contributed by atoms with Gasteiger partial charge in [0, 0.05) is 12.6 Å². The molecule has 24 heavy (non-hydrogen) atoms. The van der Waals surface area contributed by atoms with Crippen LogP contribution in [0.4, 0.5) is 0 Å². The van der Waals surface area contributed by atoms with E-state index >= 15 is 0 Å². The molecule has 136 valence electrons. The van der Waals surface area contributed by atoms with Gasteiger partial charge in [-0.15, -0.1) is 0 Å². The third-order valence-corrected chi connectivity index (χ3v) is 4.60. The second-order valence-corrected chi connectivity index (χ2v) is 7.00. The highest BCUT2D eigenvalue weighted by molar-refractivity contribution is 5.43. The van der Waals surface area contributed by atoms with Crippen LogP contribution in [0.25, 0.3) is 0 Å². The van der Waals surface area contributed by atoms with Crippen LogP contribution in [0, 0.1) is 0 Å². The van der Waals surface area contributed by atoms with Crippen molar-refractivity contribution in [2.45, 2.75) is 65.1 Å². The minimum atomic E-state index is 0.153. The third-order valence-electron chi connectivity index (χ3n) is 4.60. The Balaban J connectivity index is 1.80. The smallest absolute Gasteiger partial charge is 0.161 e. The van der Waals surface area contributed by atoms with Crippen molar-refractivity contribution in [3.63, 3.8) is 0 Å².